The van der Waals surface area contributed by atoms with Crippen molar-refractivity contribution in [2.45, 2.75) is 6.17 Å². The molecule has 0 amide bonds. The molecule has 1 atom stereocenters. The predicted molar refractivity (Wildman–Crippen MR) is 45.0 cm³/mol. The van der Waals surface area contributed by atoms with E-state index >= 15 is 0 Å². The molecule has 0 aliphatic carbocycles. The SMILES string of the molecule is CN1C(O)=C(N)C(N)=C(N)C1N. The Bertz CT molecular complexity index is 241. The Kier molecular flexibility index (Phi) is 1.77. The van der Waals surface area contributed by atoms with E-state index in [4.69, 9.17) is 22.9 Å². The highest BCUT2D eigenvalue weighted by atomic mass is 16.3. The molecule has 1 aliphatic rings. The van der Waals surface area contributed by atoms with Gasteiger partial charge in [0.1, 0.15) is 11.9 Å². The third-order valence-electron chi connectivity index (χ3n) is 1.91. The second-order valence-corrected chi connectivity index (χ2v) is 2.66. The molecule has 6 nitrogen and oxygen atoms in total. The maximum absolute atomic E-state index is 9.34. The first-order valence-electron chi connectivity index (χ1n) is 3.39. The van der Waals surface area contributed by atoms with Gasteiger partial charge in [-0.1, -0.05) is 0 Å². The standard InChI is InChI=1S/C6H13N5O/c1-11-5(10)3(8)2(7)4(9)6(11)12/h5,12H,7-10H2,1H3. The van der Waals surface area contributed by atoms with Crippen molar-refractivity contribution >= 4 is 0 Å². The first-order valence-corrected chi connectivity index (χ1v) is 3.39. The van der Waals surface area contributed by atoms with E-state index in [-0.39, 0.29) is 23.0 Å². The van der Waals surface area contributed by atoms with E-state index < -0.39 is 6.17 Å². The van der Waals surface area contributed by atoms with Crippen LogP contribution < -0.4 is 22.9 Å². The van der Waals surface area contributed by atoms with Crippen LogP contribution in [0, 0.1) is 0 Å². The van der Waals surface area contributed by atoms with Crippen LogP contribution in [0.4, 0.5) is 0 Å². The average molecular weight is 171 g/mol. The van der Waals surface area contributed by atoms with E-state index in [9.17, 15) is 5.11 Å². The van der Waals surface area contributed by atoms with Gasteiger partial charge in [-0.05, 0) is 0 Å². The van der Waals surface area contributed by atoms with Crippen LogP contribution in [0.1, 0.15) is 0 Å². The van der Waals surface area contributed by atoms with Gasteiger partial charge in [0.05, 0.1) is 11.4 Å². The van der Waals surface area contributed by atoms with Crippen LogP contribution in [0.15, 0.2) is 23.0 Å². The minimum absolute atomic E-state index is 0.0664. The van der Waals surface area contributed by atoms with Crippen molar-refractivity contribution in [2.75, 3.05) is 7.05 Å². The highest BCUT2D eigenvalue weighted by Gasteiger charge is 2.26. The number of aliphatic hydroxyl groups is 1. The zero-order valence-corrected chi connectivity index (χ0v) is 6.78. The molecule has 0 radical (unpaired) electrons. The van der Waals surface area contributed by atoms with Gasteiger partial charge in [0, 0.05) is 7.05 Å². The summed E-state index contributed by atoms with van der Waals surface area (Å²) in [6.45, 7) is 0. The van der Waals surface area contributed by atoms with E-state index in [0.29, 0.717) is 0 Å². The number of nitrogens with zero attached hydrogens (tertiary/aromatic N) is 1. The van der Waals surface area contributed by atoms with Crippen molar-refractivity contribution in [1.82, 2.24) is 4.90 Å². The molecule has 6 heteroatoms. The van der Waals surface area contributed by atoms with Crippen molar-refractivity contribution in [2.24, 2.45) is 22.9 Å². The summed E-state index contributed by atoms with van der Waals surface area (Å²) in [5.74, 6) is -0.144. The Labute approximate surface area is 70.1 Å². The molecule has 9 N–H and O–H groups in total. The molecule has 12 heavy (non-hydrogen) atoms. The van der Waals surface area contributed by atoms with Gasteiger partial charge in [-0.3, -0.25) is 0 Å². The summed E-state index contributed by atoms with van der Waals surface area (Å²) in [6, 6.07) is 0. The summed E-state index contributed by atoms with van der Waals surface area (Å²) in [4.78, 5) is 1.35. The van der Waals surface area contributed by atoms with Crippen LogP contribution in [0.2, 0.25) is 0 Å². The molecule has 0 aromatic carbocycles. The van der Waals surface area contributed by atoms with Crippen LogP contribution in [-0.4, -0.2) is 23.2 Å². The van der Waals surface area contributed by atoms with Gasteiger partial charge in [0.2, 0.25) is 5.88 Å². The first-order chi connectivity index (χ1) is 5.46. The maximum atomic E-state index is 9.34. The fraction of sp³-hybridized carbons (Fsp3) is 0.333. The number of aliphatic hydroxyl groups excluding tert-OH is 1. The molecule has 68 valence electrons. The zero-order valence-electron chi connectivity index (χ0n) is 6.78. The van der Waals surface area contributed by atoms with Crippen LogP contribution in [-0.2, 0) is 0 Å². The molecule has 0 fully saturated rings. The summed E-state index contributed by atoms with van der Waals surface area (Å²) in [7, 11) is 1.58. The van der Waals surface area contributed by atoms with Gasteiger partial charge in [-0.2, -0.15) is 0 Å². The Morgan fingerprint density at radius 1 is 1.25 bits per heavy atom. The van der Waals surface area contributed by atoms with E-state index in [0.717, 1.165) is 0 Å². The number of nitrogens with two attached hydrogens (primary N) is 4. The minimum atomic E-state index is -0.614. The van der Waals surface area contributed by atoms with Gasteiger partial charge >= 0.3 is 0 Å². The quantitative estimate of drug-likeness (QED) is 0.288. The number of hydrogen-bond donors (Lipinski definition) is 5. The number of hydrogen-bond acceptors (Lipinski definition) is 6. The van der Waals surface area contributed by atoms with Crippen molar-refractivity contribution in [3.05, 3.63) is 23.0 Å². The molecule has 0 spiro atoms. The summed E-state index contributed by atoms with van der Waals surface area (Å²) in [6.07, 6.45) is -0.614. The molecule has 0 aromatic rings. The second kappa shape index (κ2) is 2.49. The molecule has 1 aliphatic heterocycles. The predicted octanol–water partition coefficient (Wildman–Crippen LogP) is -1.97. The Balaban J connectivity index is 3.18. The topological polar surface area (TPSA) is 128 Å². The third-order valence-corrected chi connectivity index (χ3v) is 1.91. The lowest BCUT2D eigenvalue weighted by atomic mass is 10.1. The number of likely N-dealkylation sites (N-methyl/N-ethyl adjacent to an activating group) is 1. The molecule has 0 bridgehead atoms. The van der Waals surface area contributed by atoms with Gasteiger partial charge in [0.15, 0.2) is 0 Å². The van der Waals surface area contributed by atoms with Crippen LogP contribution >= 0.6 is 0 Å². The fourth-order valence-corrected chi connectivity index (χ4v) is 0.966. The minimum Gasteiger partial charge on any atom is -0.493 e. The largest absolute Gasteiger partial charge is 0.493 e. The summed E-state index contributed by atoms with van der Waals surface area (Å²) in [5, 5.41) is 9.34. The molecular weight excluding hydrogens is 158 g/mol. The van der Waals surface area contributed by atoms with Gasteiger partial charge < -0.3 is 32.9 Å². The molecule has 0 saturated carbocycles. The molecule has 1 unspecified atom stereocenters. The van der Waals surface area contributed by atoms with Crippen LogP contribution in [0.3, 0.4) is 0 Å². The lowest BCUT2D eigenvalue weighted by molar-refractivity contribution is 0.189. The molecular formula is C6H13N5O. The van der Waals surface area contributed by atoms with Crippen molar-refractivity contribution < 1.29 is 5.11 Å². The molecule has 1 heterocycles. The highest BCUT2D eigenvalue weighted by Crippen LogP contribution is 2.18. The van der Waals surface area contributed by atoms with E-state index in [1.807, 2.05) is 0 Å². The normalized spacial score (nSPS) is 25.2. The van der Waals surface area contributed by atoms with Crippen molar-refractivity contribution in [3.8, 4) is 0 Å². The summed E-state index contributed by atoms with van der Waals surface area (Å²) < 4.78 is 0. The van der Waals surface area contributed by atoms with Crippen LogP contribution in [0.5, 0.6) is 0 Å². The number of rotatable bonds is 0. The van der Waals surface area contributed by atoms with Gasteiger partial charge in [-0.15, -0.1) is 0 Å². The van der Waals surface area contributed by atoms with Gasteiger partial charge in [-0.25, -0.2) is 0 Å². The average Bonchev–Trinajstić information content (AvgIpc) is 2.08. The monoisotopic (exact) mass is 171 g/mol. The van der Waals surface area contributed by atoms with Crippen molar-refractivity contribution in [1.29, 1.82) is 0 Å². The fourth-order valence-electron chi connectivity index (χ4n) is 0.966. The zero-order chi connectivity index (χ0) is 9.46. The Morgan fingerprint density at radius 3 is 2.25 bits per heavy atom. The third kappa shape index (κ3) is 0.928. The molecule has 0 saturated heterocycles. The lowest BCUT2D eigenvalue weighted by Gasteiger charge is -2.31. The molecule has 0 aromatic heterocycles. The highest BCUT2D eigenvalue weighted by molar-refractivity contribution is 5.36. The van der Waals surface area contributed by atoms with Gasteiger partial charge in [0.25, 0.3) is 0 Å². The lowest BCUT2D eigenvalue weighted by Crippen LogP contribution is -2.48. The van der Waals surface area contributed by atoms with E-state index in [1.165, 1.54) is 4.90 Å². The Hall–Kier alpha value is -1.56. The van der Waals surface area contributed by atoms with E-state index in [2.05, 4.69) is 0 Å². The summed E-state index contributed by atoms with van der Waals surface area (Å²) >= 11 is 0. The first kappa shape index (κ1) is 8.54. The van der Waals surface area contributed by atoms with E-state index in [1.54, 1.807) is 7.05 Å². The summed E-state index contributed by atoms with van der Waals surface area (Å²) in [5.41, 5.74) is 22.5. The Morgan fingerprint density at radius 2 is 1.75 bits per heavy atom. The second-order valence-electron chi connectivity index (χ2n) is 2.66. The van der Waals surface area contributed by atoms with Crippen molar-refractivity contribution in [3.63, 3.8) is 0 Å². The van der Waals surface area contributed by atoms with Crippen LogP contribution in [0.25, 0.3) is 0 Å². The molecule has 1 rings (SSSR count). The maximum Gasteiger partial charge on any atom is 0.214 e. The smallest absolute Gasteiger partial charge is 0.214 e.